The van der Waals surface area contributed by atoms with Gasteiger partial charge in [-0.3, -0.25) is 0 Å². The molecule has 0 bridgehead atoms. The Labute approximate surface area is 119 Å². The summed E-state index contributed by atoms with van der Waals surface area (Å²) in [5.74, 6) is 0.621. The molecule has 0 saturated heterocycles. The predicted octanol–water partition coefficient (Wildman–Crippen LogP) is 4.71. The molecule has 1 aliphatic rings. The van der Waals surface area contributed by atoms with E-state index in [-0.39, 0.29) is 5.41 Å². The van der Waals surface area contributed by atoms with E-state index >= 15 is 0 Å². The molecule has 0 fully saturated rings. The highest BCUT2D eigenvalue weighted by atomic mass is 32.1. The van der Waals surface area contributed by atoms with Crippen LogP contribution in [0.1, 0.15) is 54.9 Å². The Morgan fingerprint density at radius 2 is 1.89 bits per heavy atom. The van der Waals surface area contributed by atoms with E-state index in [2.05, 4.69) is 50.4 Å². The number of aryl methyl sites for hydroxylation is 1. The molecule has 100 valence electrons. The van der Waals surface area contributed by atoms with Crippen LogP contribution >= 0.6 is 11.3 Å². The maximum Gasteiger partial charge on any atom is 0.0962 e. The van der Waals surface area contributed by atoms with E-state index in [1.54, 1.807) is 0 Å². The molecule has 1 atom stereocenters. The van der Waals surface area contributed by atoms with Crippen molar-refractivity contribution < 1.29 is 0 Å². The minimum absolute atomic E-state index is 0.168. The first kappa shape index (κ1) is 12.9. The monoisotopic (exact) mass is 271 g/mol. The highest BCUT2D eigenvalue weighted by molar-refractivity contribution is 7.09. The Morgan fingerprint density at radius 1 is 1.16 bits per heavy atom. The van der Waals surface area contributed by atoms with Crippen molar-refractivity contribution in [2.45, 2.75) is 51.4 Å². The summed E-state index contributed by atoms with van der Waals surface area (Å²) in [6, 6.07) is 8.86. The number of nitrogens with zero attached hydrogens (tertiary/aromatic N) is 1. The van der Waals surface area contributed by atoms with Gasteiger partial charge in [-0.15, -0.1) is 11.3 Å². The maximum atomic E-state index is 4.90. The van der Waals surface area contributed by atoms with Crippen LogP contribution in [0.3, 0.4) is 0 Å². The molecule has 19 heavy (non-hydrogen) atoms. The summed E-state index contributed by atoms with van der Waals surface area (Å²) in [5.41, 5.74) is 4.46. The third kappa shape index (κ3) is 2.59. The summed E-state index contributed by atoms with van der Waals surface area (Å²) in [5, 5.41) is 3.58. The number of rotatable bonds is 1. The molecular weight excluding hydrogens is 250 g/mol. The van der Waals surface area contributed by atoms with Gasteiger partial charge in [-0.2, -0.15) is 0 Å². The van der Waals surface area contributed by atoms with E-state index in [0.29, 0.717) is 5.92 Å². The fourth-order valence-electron chi connectivity index (χ4n) is 2.73. The molecule has 1 nitrogen and oxygen atoms in total. The van der Waals surface area contributed by atoms with Gasteiger partial charge in [-0.1, -0.05) is 45.0 Å². The summed E-state index contributed by atoms with van der Waals surface area (Å²) >= 11 is 1.85. The molecule has 0 radical (unpaired) electrons. The lowest BCUT2D eigenvalue weighted by Crippen LogP contribution is -2.14. The minimum Gasteiger partial charge on any atom is -0.245 e. The highest BCUT2D eigenvalue weighted by Crippen LogP contribution is 2.35. The van der Waals surface area contributed by atoms with Gasteiger partial charge >= 0.3 is 0 Å². The molecule has 1 aliphatic carbocycles. The summed E-state index contributed by atoms with van der Waals surface area (Å²) in [6.07, 6.45) is 3.60. The Morgan fingerprint density at radius 3 is 2.58 bits per heavy atom. The van der Waals surface area contributed by atoms with Gasteiger partial charge in [0.1, 0.15) is 0 Å². The van der Waals surface area contributed by atoms with Crippen LogP contribution in [0.15, 0.2) is 29.6 Å². The van der Waals surface area contributed by atoms with Crippen molar-refractivity contribution in [3.05, 3.63) is 51.5 Å². The number of aromatic nitrogens is 1. The van der Waals surface area contributed by atoms with Gasteiger partial charge in [0.05, 0.1) is 10.7 Å². The van der Waals surface area contributed by atoms with Crippen LogP contribution in [0, 0.1) is 0 Å². The summed E-state index contributed by atoms with van der Waals surface area (Å²) in [4.78, 5) is 4.90. The number of thiazole rings is 1. The second-order valence-corrected chi connectivity index (χ2v) is 7.42. The normalized spacial score (nSPS) is 19.2. The third-order valence-electron chi connectivity index (χ3n) is 3.99. The van der Waals surface area contributed by atoms with E-state index in [0.717, 1.165) is 6.42 Å². The smallest absolute Gasteiger partial charge is 0.0962 e. The standard InChI is InChI=1S/C17H21NS/c1-17(2,3)15-11-19-16(18-15)14-9-8-12-6-4-5-7-13(12)10-14/h4-7,11,14H,8-10H2,1-3H3. The molecule has 1 heterocycles. The lowest BCUT2D eigenvalue weighted by Gasteiger charge is -2.23. The van der Waals surface area contributed by atoms with Crippen LogP contribution in [0.2, 0.25) is 0 Å². The zero-order valence-corrected chi connectivity index (χ0v) is 12.8. The lowest BCUT2D eigenvalue weighted by atomic mass is 9.84. The van der Waals surface area contributed by atoms with Crippen LogP contribution in [-0.2, 0) is 18.3 Å². The molecule has 2 aromatic rings. The molecule has 1 aromatic heterocycles. The molecule has 0 spiro atoms. The van der Waals surface area contributed by atoms with E-state index in [9.17, 15) is 0 Å². The molecule has 0 amide bonds. The van der Waals surface area contributed by atoms with E-state index in [4.69, 9.17) is 4.98 Å². The summed E-state index contributed by atoms with van der Waals surface area (Å²) in [7, 11) is 0. The Balaban J connectivity index is 1.83. The molecule has 0 aliphatic heterocycles. The van der Waals surface area contributed by atoms with Crippen molar-refractivity contribution >= 4 is 11.3 Å². The van der Waals surface area contributed by atoms with Crippen molar-refractivity contribution in [2.75, 3.05) is 0 Å². The quantitative estimate of drug-likeness (QED) is 0.731. The Bertz CT molecular complexity index is 577. The van der Waals surface area contributed by atoms with Crippen LogP contribution in [0.25, 0.3) is 0 Å². The van der Waals surface area contributed by atoms with Crippen molar-refractivity contribution in [2.24, 2.45) is 0 Å². The average Bonchev–Trinajstić information content (AvgIpc) is 2.87. The number of hydrogen-bond acceptors (Lipinski definition) is 2. The number of benzene rings is 1. The minimum atomic E-state index is 0.168. The SMILES string of the molecule is CC(C)(C)c1csc(C2CCc3ccccc3C2)n1. The van der Waals surface area contributed by atoms with E-state index < -0.39 is 0 Å². The van der Waals surface area contributed by atoms with E-state index in [1.165, 1.54) is 34.7 Å². The van der Waals surface area contributed by atoms with Crippen molar-refractivity contribution in [3.63, 3.8) is 0 Å². The summed E-state index contributed by atoms with van der Waals surface area (Å²) < 4.78 is 0. The van der Waals surface area contributed by atoms with Crippen LogP contribution in [0.5, 0.6) is 0 Å². The fourth-order valence-corrected chi connectivity index (χ4v) is 3.91. The zero-order chi connectivity index (χ0) is 13.5. The lowest BCUT2D eigenvalue weighted by molar-refractivity contribution is 0.551. The van der Waals surface area contributed by atoms with Gasteiger partial charge in [-0.05, 0) is 30.4 Å². The van der Waals surface area contributed by atoms with Crippen molar-refractivity contribution in [3.8, 4) is 0 Å². The van der Waals surface area contributed by atoms with Crippen molar-refractivity contribution in [1.82, 2.24) is 4.98 Å². The zero-order valence-electron chi connectivity index (χ0n) is 11.9. The van der Waals surface area contributed by atoms with Gasteiger partial charge in [0.15, 0.2) is 0 Å². The van der Waals surface area contributed by atoms with Crippen LogP contribution in [0.4, 0.5) is 0 Å². The first-order valence-corrected chi connectivity index (χ1v) is 7.94. The second kappa shape index (κ2) is 4.75. The van der Waals surface area contributed by atoms with Gasteiger partial charge in [0, 0.05) is 16.7 Å². The average molecular weight is 271 g/mol. The molecule has 0 N–H and O–H groups in total. The van der Waals surface area contributed by atoms with Crippen LogP contribution < -0.4 is 0 Å². The van der Waals surface area contributed by atoms with Gasteiger partial charge in [-0.25, -0.2) is 4.98 Å². The van der Waals surface area contributed by atoms with Gasteiger partial charge < -0.3 is 0 Å². The topological polar surface area (TPSA) is 12.9 Å². The number of hydrogen-bond donors (Lipinski definition) is 0. The number of fused-ring (bicyclic) bond motifs is 1. The van der Waals surface area contributed by atoms with Gasteiger partial charge in [0.2, 0.25) is 0 Å². The van der Waals surface area contributed by atoms with Crippen LogP contribution in [-0.4, -0.2) is 4.98 Å². The van der Waals surface area contributed by atoms with E-state index in [1.807, 2.05) is 11.3 Å². The summed E-state index contributed by atoms with van der Waals surface area (Å²) in [6.45, 7) is 6.71. The fraction of sp³-hybridized carbons (Fsp3) is 0.471. The first-order chi connectivity index (χ1) is 9.04. The first-order valence-electron chi connectivity index (χ1n) is 7.07. The third-order valence-corrected chi connectivity index (χ3v) is 4.99. The van der Waals surface area contributed by atoms with Gasteiger partial charge in [0.25, 0.3) is 0 Å². The maximum absolute atomic E-state index is 4.90. The predicted molar refractivity (Wildman–Crippen MR) is 82.0 cm³/mol. The Hall–Kier alpha value is -1.15. The molecule has 1 aromatic carbocycles. The molecule has 3 rings (SSSR count). The highest BCUT2D eigenvalue weighted by Gasteiger charge is 2.24. The molecule has 0 saturated carbocycles. The molecular formula is C17H21NS. The van der Waals surface area contributed by atoms with Crippen molar-refractivity contribution in [1.29, 1.82) is 0 Å². The largest absolute Gasteiger partial charge is 0.245 e. The Kier molecular flexibility index (Phi) is 3.22. The molecule has 1 unspecified atom stereocenters. The second-order valence-electron chi connectivity index (χ2n) is 6.53. The molecule has 2 heteroatoms.